The fourth-order valence-corrected chi connectivity index (χ4v) is 6.92. The Hall–Kier alpha value is -1.17. The van der Waals surface area contributed by atoms with Gasteiger partial charge in [-0.05, 0) is 36.8 Å². The number of allylic oxidation sites excluding steroid dienone is 2. The summed E-state index contributed by atoms with van der Waals surface area (Å²) in [6.07, 6.45) is 6.41. The lowest BCUT2D eigenvalue weighted by atomic mass is 9.56. The van der Waals surface area contributed by atoms with Crippen molar-refractivity contribution in [3.05, 3.63) is 38.5 Å². The van der Waals surface area contributed by atoms with Crippen LogP contribution in [-0.2, 0) is 0 Å². The van der Waals surface area contributed by atoms with Gasteiger partial charge < -0.3 is 0 Å². The molecule has 22 heavy (non-hydrogen) atoms. The molecule has 2 aromatic rings. The van der Waals surface area contributed by atoms with Crippen LogP contribution in [0.3, 0.4) is 0 Å². The monoisotopic (exact) mass is 344 g/mol. The summed E-state index contributed by atoms with van der Waals surface area (Å²) in [5.41, 5.74) is 1.26. The van der Waals surface area contributed by atoms with Crippen molar-refractivity contribution in [2.24, 2.45) is 23.7 Å². The molecule has 110 valence electrons. The van der Waals surface area contributed by atoms with E-state index in [2.05, 4.69) is 12.2 Å². The molecule has 1 heterocycles. The predicted molar refractivity (Wildman–Crippen MR) is 91.5 cm³/mol. The van der Waals surface area contributed by atoms with Crippen molar-refractivity contribution in [2.75, 3.05) is 0 Å². The molecule has 0 saturated heterocycles. The minimum atomic E-state index is -0.132. The minimum absolute atomic E-state index is 0.132. The van der Waals surface area contributed by atoms with Crippen molar-refractivity contribution in [3.63, 3.8) is 0 Å². The standard InChI is InChI=1S/C17H12O2S3/c18-15-9-5-11-12(22-17(20)21-11)6-10(9)16(19)14-8-2-1-7(3-4-8)13(14)15/h1-2,5-8,13-14H,3-4H2. The number of fused-ring (bicyclic) bond motifs is 3. The summed E-state index contributed by atoms with van der Waals surface area (Å²) in [4.78, 5) is 26.1. The van der Waals surface area contributed by atoms with Gasteiger partial charge in [-0.15, -0.1) is 22.7 Å². The normalized spacial score (nSPS) is 32.4. The van der Waals surface area contributed by atoms with Crippen LogP contribution in [0.2, 0.25) is 0 Å². The largest absolute Gasteiger partial charge is 0.294 e. The lowest BCUT2D eigenvalue weighted by Gasteiger charge is -2.45. The fourth-order valence-electron chi connectivity index (χ4n) is 4.40. The van der Waals surface area contributed by atoms with Crippen molar-refractivity contribution >= 4 is 55.9 Å². The maximum atomic E-state index is 13.0. The zero-order valence-corrected chi connectivity index (χ0v) is 14.0. The first-order valence-corrected chi connectivity index (χ1v) is 9.52. The molecule has 5 heteroatoms. The quantitative estimate of drug-likeness (QED) is 0.503. The Bertz CT molecular complexity index is 861. The Labute approximate surface area is 140 Å². The molecule has 4 aliphatic carbocycles. The SMILES string of the molecule is O=C1c2cc3sc(=S)sc3cc2C(=O)C2C3C=CC(CC3)C12. The Morgan fingerprint density at radius 3 is 1.73 bits per heavy atom. The molecule has 1 fully saturated rings. The Morgan fingerprint density at radius 2 is 1.32 bits per heavy atom. The predicted octanol–water partition coefficient (Wildman–Crippen LogP) is 4.90. The van der Waals surface area contributed by atoms with Crippen molar-refractivity contribution in [2.45, 2.75) is 12.8 Å². The highest BCUT2D eigenvalue weighted by molar-refractivity contribution is 7.77. The van der Waals surface area contributed by atoms with E-state index in [1.165, 1.54) is 22.7 Å². The number of hydrogen-bond acceptors (Lipinski definition) is 5. The van der Waals surface area contributed by atoms with Crippen LogP contribution in [0, 0.1) is 26.8 Å². The number of Topliss-reactive ketones (excluding diaryl/α,β-unsaturated/α-hetero) is 2. The number of carbonyl (C=O) groups is 2. The maximum absolute atomic E-state index is 13.0. The number of benzene rings is 1. The van der Waals surface area contributed by atoms with Crippen LogP contribution in [0.1, 0.15) is 33.6 Å². The van der Waals surface area contributed by atoms with E-state index in [9.17, 15) is 9.59 Å². The van der Waals surface area contributed by atoms with Gasteiger partial charge in [0, 0.05) is 32.4 Å². The van der Waals surface area contributed by atoms with Gasteiger partial charge in [-0.25, -0.2) is 0 Å². The van der Waals surface area contributed by atoms with E-state index in [1.807, 2.05) is 12.1 Å². The molecule has 0 N–H and O–H groups in total. The molecule has 1 saturated carbocycles. The average Bonchev–Trinajstić information content (AvgIpc) is 2.90. The van der Waals surface area contributed by atoms with Crippen molar-refractivity contribution < 1.29 is 9.59 Å². The number of hydrogen-bond donors (Lipinski definition) is 0. The molecular formula is C17H12O2S3. The van der Waals surface area contributed by atoms with Crippen LogP contribution in [0.5, 0.6) is 0 Å². The summed E-state index contributed by atoms with van der Waals surface area (Å²) in [7, 11) is 0. The topological polar surface area (TPSA) is 34.1 Å². The molecule has 4 aliphatic rings. The van der Waals surface area contributed by atoms with Crippen molar-refractivity contribution in [1.82, 2.24) is 0 Å². The Balaban J connectivity index is 1.77. The maximum Gasteiger partial charge on any atom is 0.168 e. The van der Waals surface area contributed by atoms with Gasteiger partial charge >= 0.3 is 0 Å². The summed E-state index contributed by atoms with van der Waals surface area (Å²) in [5, 5.41) is 0. The number of rotatable bonds is 0. The average molecular weight is 344 g/mol. The van der Waals surface area contributed by atoms with Crippen molar-refractivity contribution in [3.8, 4) is 0 Å². The summed E-state index contributed by atoms with van der Waals surface area (Å²) < 4.78 is 2.91. The third kappa shape index (κ3) is 1.62. The summed E-state index contributed by atoms with van der Waals surface area (Å²) in [6.45, 7) is 0. The molecule has 0 aliphatic heterocycles. The molecule has 6 rings (SSSR count). The fraction of sp³-hybridized carbons (Fsp3) is 0.353. The molecule has 1 aromatic carbocycles. The van der Waals surface area contributed by atoms with E-state index >= 15 is 0 Å². The third-order valence-corrected chi connectivity index (χ3v) is 7.93. The first kappa shape index (κ1) is 13.3. The van der Waals surface area contributed by atoms with Crippen molar-refractivity contribution in [1.29, 1.82) is 0 Å². The smallest absolute Gasteiger partial charge is 0.168 e. The molecule has 2 bridgehead atoms. The highest BCUT2D eigenvalue weighted by Crippen LogP contribution is 2.50. The van der Waals surface area contributed by atoms with E-state index in [4.69, 9.17) is 12.2 Å². The second-order valence-electron chi connectivity index (χ2n) is 6.37. The van der Waals surface area contributed by atoms with Crippen LogP contribution in [0.15, 0.2) is 24.3 Å². The minimum Gasteiger partial charge on any atom is -0.294 e. The van der Waals surface area contributed by atoms with Gasteiger partial charge in [0.25, 0.3) is 0 Å². The molecule has 0 spiro atoms. The Kier molecular flexibility index (Phi) is 2.68. The molecule has 1 aromatic heterocycles. The van der Waals surface area contributed by atoms with Gasteiger partial charge in [-0.3, -0.25) is 9.59 Å². The van der Waals surface area contributed by atoms with E-state index < -0.39 is 0 Å². The van der Waals surface area contributed by atoms with Gasteiger partial charge in [-0.2, -0.15) is 0 Å². The second-order valence-corrected chi connectivity index (χ2v) is 9.66. The first-order valence-electron chi connectivity index (χ1n) is 7.48. The Morgan fingerprint density at radius 1 is 0.864 bits per heavy atom. The van der Waals surface area contributed by atoms with Gasteiger partial charge in [0.05, 0.1) is 0 Å². The van der Waals surface area contributed by atoms with Gasteiger partial charge in [-0.1, -0.05) is 24.4 Å². The molecule has 0 amide bonds. The van der Waals surface area contributed by atoms with Gasteiger partial charge in [0.2, 0.25) is 0 Å². The van der Waals surface area contributed by atoms with Gasteiger partial charge in [0.15, 0.2) is 11.6 Å². The summed E-state index contributed by atoms with van der Waals surface area (Å²) >= 11 is 8.31. The molecule has 2 nitrogen and oxygen atoms in total. The third-order valence-electron chi connectivity index (χ3n) is 5.36. The molecule has 4 atom stereocenters. The lowest BCUT2D eigenvalue weighted by Crippen LogP contribution is -2.48. The van der Waals surface area contributed by atoms with Crippen LogP contribution in [-0.4, -0.2) is 11.6 Å². The zero-order valence-electron chi connectivity index (χ0n) is 11.6. The van der Waals surface area contributed by atoms with Crippen LogP contribution in [0.25, 0.3) is 9.40 Å². The van der Waals surface area contributed by atoms with Crippen LogP contribution in [0.4, 0.5) is 0 Å². The molecule has 4 unspecified atom stereocenters. The zero-order chi connectivity index (χ0) is 15.0. The van der Waals surface area contributed by atoms with E-state index in [-0.39, 0.29) is 35.2 Å². The number of ketones is 2. The first-order chi connectivity index (χ1) is 10.6. The second kappa shape index (κ2) is 4.43. The number of carbonyl (C=O) groups excluding carboxylic acids is 2. The molecular weight excluding hydrogens is 332 g/mol. The highest BCUT2D eigenvalue weighted by atomic mass is 32.2. The van der Waals surface area contributed by atoms with E-state index in [0.29, 0.717) is 11.1 Å². The highest BCUT2D eigenvalue weighted by Gasteiger charge is 2.51. The summed E-state index contributed by atoms with van der Waals surface area (Å²) in [5.74, 6) is 0.572. The van der Waals surface area contributed by atoms with Crippen LogP contribution >= 0.6 is 34.9 Å². The van der Waals surface area contributed by atoms with Gasteiger partial charge in [0.1, 0.15) is 3.14 Å². The lowest BCUT2D eigenvalue weighted by molar-refractivity contribution is 0.0520. The molecule has 0 radical (unpaired) electrons. The van der Waals surface area contributed by atoms with E-state index in [0.717, 1.165) is 25.4 Å². The van der Waals surface area contributed by atoms with E-state index in [1.54, 1.807) is 0 Å². The van der Waals surface area contributed by atoms with Crippen LogP contribution < -0.4 is 0 Å². The summed E-state index contributed by atoms with van der Waals surface area (Å²) in [6, 6.07) is 3.81.